The molecule has 3 N–H and O–H groups in total. The van der Waals surface area contributed by atoms with E-state index in [4.69, 9.17) is 15.5 Å². The van der Waals surface area contributed by atoms with Gasteiger partial charge in [0.25, 0.3) is 0 Å². The van der Waals surface area contributed by atoms with Crippen molar-refractivity contribution < 1.29 is 9.53 Å². The van der Waals surface area contributed by atoms with Gasteiger partial charge < -0.3 is 15.4 Å². The van der Waals surface area contributed by atoms with Crippen LogP contribution in [0.4, 0.5) is 10.6 Å². The average molecular weight is 383 g/mol. The van der Waals surface area contributed by atoms with Gasteiger partial charge in [-0.15, -0.1) is 0 Å². The fourth-order valence-corrected chi connectivity index (χ4v) is 3.53. The molecule has 0 bridgehead atoms. The Bertz CT molecular complexity index is 988. The number of nitrogens with one attached hydrogen (secondary N) is 1. The van der Waals surface area contributed by atoms with Gasteiger partial charge in [0.05, 0.1) is 18.1 Å². The number of nitrogens with zero attached hydrogens (tertiary/aromatic N) is 5. The molecule has 9 heteroatoms. The number of nitrogen functional groups attached to an aromatic ring is 1. The molecule has 0 aromatic carbocycles. The van der Waals surface area contributed by atoms with E-state index in [-0.39, 0.29) is 12.0 Å². The van der Waals surface area contributed by atoms with Crippen molar-refractivity contribution in [2.75, 3.05) is 18.8 Å². The molecule has 0 saturated carbocycles. The molecule has 1 unspecified atom stereocenters. The summed E-state index contributed by atoms with van der Waals surface area (Å²) in [6, 6.07) is 1.85. The SMILES string of the molecule is CC(C)(C)OC(=O)N1CCCC(c2cc(N)n3ncc(-c4cn[nH]c4)c3n2)C1. The van der Waals surface area contributed by atoms with Crippen molar-refractivity contribution in [1.82, 2.24) is 29.7 Å². The molecule has 0 radical (unpaired) electrons. The predicted octanol–water partition coefficient (Wildman–Crippen LogP) is 2.82. The van der Waals surface area contributed by atoms with Crippen LogP contribution in [-0.2, 0) is 4.74 Å². The van der Waals surface area contributed by atoms with E-state index >= 15 is 0 Å². The van der Waals surface area contributed by atoms with Gasteiger partial charge in [-0.25, -0.2) is 9.78 Å². The molecule has 148 valence electrons. The normalized spacial score (nSPS) is 17.8. The lowest BCUT2D eigenvalue weighted by atomic mass is 9.94. The number of aromatic amines is 1. The molecule has 9 nitrogen and oxygen atoms in total. The molecule has 1 fully saturated rings. The Morgan fingerprint density at radius 1 is 1.36 bits per heavy atom. The van der Waals surface area contributed by atoms with E-state index in [1.165, 1.54) is 0 Å². The minimum absolute atomic E-state index is 0.0978. The molecular weight excluding hydrogens is 358 g/mol. The van der Waals surface area contributed by atoms with Crippen LogP contribution in [0.3, 0.4) is 0 Å². The van der Waals surface area contributed by atoms with Crippen molar-refractivity contribution in [2.24, 2.45) is 0 Å². The van der Waals surface area contributed by atoms with Gasteiger partial charge >= 0.3 is 6.09 Å². The third-order valence-corrected chi connectivity index (χ3v) is 4.82. The number of carbonyl (C=O) groups is 1. The number of amides is 1. The van der Waals surface area contributed by atoms with Crippen LogP contribution >= 0.6 is 0 Å². The molecule has 0 aliphatic carbocycles. The zero-order valence-electron chi connectivity index (χ0n) is 16.3. The molecule has 1 amide bonds. The lowest BCUT2D eigenvalue weighted by molar-refractivity contribution is 0.0197. The maximum atomic E-state index is 12.5. The van der Waals surface area contributed by atoms with E-state index < -0.39 is 5.60 Å². The second-order valence-corrected chi connectivity index (χ2v) is 8.15. The highest BCUT2D eigenvalue weighted by Gasteiger charge is 2.29. The maximum absolute atomic E-state index is 12.5. The summed E-state index contributed by atoms with van der Waals surface area (Å²) in [5, 5.41) is 11.2. The van der Waals surface area contributed by atoms with Crippen molar-refractivity contribution in [3.05, 3.63) is 30.4 Å². The molecule has 1 saturated heterocycles. The van der Waals surface area contributed by atoms with Crippen LogP contribution < -0.4 is 5.73 Å². The molecular formula is C19H25N7O2. The Kier molecular flexibility index (Phi) is 4.44. The summed E-state index contributed by atoms with van der Waals surface area (Å²) in [5.41, 5.74) is 9.04. The predicted molar refractivity (Wildman–Crippen MR) is 105 cm³/mol. The number of rotatable bonds is 2. The van der Waals surface area contributed by atoms with Gasteiger partial charge in [0, 0.05) is 42.4 Å². The van der Waals surface area contributed by atoms with Crippen LogP contribution in [-0.4, -0.2) is 54.5 Å². The van der Waals surface area contributed by atoms with Crippen molar-refractivity contribution in [1.29, 1.82) is 0 Å². The molecule has 0 spiro atoms. The van der Waals surface area contributed by atoms with Crippen LogP contribution in [0.1, 0.15) is 45.2 Å². The van der Waals surface area contributed by atoms with Crippen LogP contribution in [0.25, 0.3) is 16.8 Å². The standard InChI is InChI=1S/C19H25N7O2/c1-19(2,3)28-18(27)25-6-4-5-12(11-25)15-7-16(20)26-17(24-15)14(10-23-26)13-8-21-22-9-13/h7-10,12H,4-6,11,20H2,1-3H3,(H,21,22). The van der Waals surface area contributed by atoms with E-state index in [0.29, 0.717) is 24.6 Å². The van der Waals surface area contributed by atoms with Gasteiger partial charge in [0.15, 0.2) is 5.65 Å². The Morgan fingerprint density at radius 2 is 2.18 bits per heavy atom. The van der Waals surface area contributed by atoms with Crippen LogP contribution in [0.5, 0.6) is 0 Å². The van der Waals surface area contributed by atoms with E-state index in [1.54, 1.807) is 28.0 Å². The van der Waals surface area contributed by atoms with Gasteiger partial charge in [-0.2, -0.15) is 14.7 Å². The zero-order valence-corrected chi connectivity index (χ0v) is 16.3. The van der Waals surface area contributed by atoms with Crippen molar-refractivity contribution in [2.45, 2.75) is 45.1 Å². The van der Waals surface area contributed by atoms with Gasteiger partial charge in [0.1, 0.15) is 11.4 Å². The Balaban J connectivity index is 1.63. The molecule has 1 aliphatic heterocycles. The zero-order chi connectivity index (χ0) is 19.9. The van der Waals surface area contributed by atoms with Crippen LogP contribution in [0, 0.1) is 0 Å². The number of carbonyl (C=O) groups excluding carboxylic acids is 1. The molecule has 1 aliphatic rings. The number of piperidine rings is 1. The molecule has 28 heavy (non-hydrogen) atoms. The first kappa shape index (κ1) is 18.3. The Morgan fingerprint density at radius 3 is 2.89 bits per heavy atom. The lowest BCUT2D eigenvalue weighted by Gasteiger charge is -2.34. The van der Waals surface area contributed by atoms with Gasteiger partial charge in [0.2, 0.25) is 0 Å². The smallest absolute Gasteiger partial charge is 0.410 e. The number of hydrogen-bond donors (Lipinski definition) is 2. The highest BCUT2D eigenvalue weighted by Crippen LogP contribution is 2.30. The first-order valence-electron chi connectivity index (χ1n) is 9.43. The number of anilines is 1. The van der Waals surface area contributed by atoms with Crippen molar-refractivity contribution in [3.63, 3.8) is 0 Å². The monoisotopic (exact) mass is 383 g/mol. The summed E-state index contributed by atoms with van der Waals surface area (Å²) in [5.74, 6) is 0.616. The number of ether oxygens (including phenoxy) is 1. The second-order valence-electron chi connectivity index (χ2n) is 8.15. The number of fused-ring (bicyclic) bond motifs is 1. The van der Waals surface area contributed by atoms with E-state index in [0.717, 1.165) is 29.7 Å². The number of nitrogens with two attached hydrogens (primary N) is 1. The maximum Gasteiger partial charge on any atom is 0.410 e. The van der Waals surface area contributed by atoms with Crippen molar-refractivity contribution in [3.8, 4) is 11.1 Å². The van der Waals surface area contributed by atoms with E-state index in [2.05, 4.69) is 15.3 Å². The Hall–Kier alpha value is -3.10. The molecule has 4 rings (SSSR count). The van der Waals surface area contributed by atoms with E-state index in [1.807, 2.05) is 26.8 Å². The van der Waals surface area contributed by atoms with Gasteiger partial charge in [-0.05, 0) is 33.6 Å². The summed E-state index contributed by atoms with van der Waals surface area (Å²) < 4.78 is 7.15. The van der Waals surface area contributed by atoms with Crippen molar-refractivity contribution >= 4 is 17.6 Å². The Labute approximate surface area is 162 Å². The average Bonchev–Trinajstić information content (AvgIpc) is 3.29. The quantitative estimate of drug-likeness (QED) is 0.703. The fourth-order valence-electron chi connectivity index (χ4n) is 3.53. The second kappa shape index (κ2) is 6.81. The number of hydrogen-bond acceptors (Lipinski definition) is 6. The molecule has 3 aromatic heterocycles. The third kappa shape index (κ3) is 3.51. The first-order valence-corrected chi connectivity index (χ1v) is 9.43. The molecule has 3 aromatic rings. The minimum Gasteiger partial charge on any atom is -0.444 e. The number of aromatic nitrogens is 5. The van der Waals surface area contributed by atoms with Gasteiger partial charge in [-0.1, -0.05) is 0 Å². The number of H-pyrrole nitrogens is 1. The third-order valence-electron chi connectivity index (χ3n) is 4.82. The minimum atomic E-state index is -0.511. The topological polar surface area (TPSA) is 114 Å². The molecule has 4 heterocycles. The highest BCUT2D eigenvalue weighted by atomic mass is 16.6. The van der Waals surface area contributed by atoms with Crippen LogP contribution in [0.2, 0.25) is 0 Å². The summed E-state index contributed by atoms with van der Waals surface area (Å²) in [6.07, 6.45) is 6.82. The summed E-state index contributed by atoms with van der Waals surface area (Å²) in [7, 11) is 0. The van der Waals surface area contributed by atoms with Crippen LogP contribution in [0.15, 0.2) is 24.7 Å². The summed E-state index contributed by atoms with van der Waals surface area (Å²) in [4.78, 5) is 19.1. The lowest BCUT2D eigenvalue weighted by Crippen LogP contribution is -2.42. The highest BCUT2D eigenvalue weighted by molar-refractivity contribution is 5.77. The summed E-state index contributed by atoms with van der Waals surface area (Å²) >= 11 is 0. The molecule has 1 atom stereocenters. The first-order chi connectivity index (χ1) is 13.3. The van der Waals surface area contributed by atoms with Gasteiger partial charge in [-0.3, -0.25) is 5.10 Å². The summed E-state index contributed by atoms with van der Waals surface area (Å²) in [6.45, 7) is 6.88. The largest absolute Gasteiger partial charge is 0.444 e. The fraction of sp³-hybridized carbons (Fsp3) is 0.474. The van der Waals surface area contributed by atoms with E-state index in [9.17, 15) is 4.79 Å². The number of likely N-dealkylation sites (tertiary alicyclic amines) is 1.